The van der Waals surface area contributed by atoms with Gasteiger partial charge in [0.2, 0.25) is 11.4 Å². The van der Waals surface area contributed by atoms with Gasteiger partial charge >= 0.3 is 6.03 Å². The number of hydrogen-bond donors (Lipinski definition) is 1. The molecule has 0 fully saturated rings. The molecule has 2 aromatic carbocycles. The van der Waals surface area contributed by atoms with Crippen LogP contribution in [-0.2, 0) is 24.5 Å². The number of benzene rings is 2. The van der Waals surface area contributed by atoms with Crippen LogP contribution >= 0.6 is 0 Å². The minimum absolute atomic E-state index is 0.148. The van der Waals surface area contributed by atoms with E-state index in [4.69, 9.17) is 20.0 Å². The molecular weight excluding hydrogens is 428 g/mol. The van der Waals surface area contributed by atoms with Gasteiger partial charge in [-0.3, -0.25) is 9.47 Å². The lowest BCUT2D eigenvalue weighted by Crippen LogP contribution is -2.55. The van der Waals surface area contributed by atoms with Gasteiger partial charge in [-0.05, 0) is 42.5 Å². The van der Waals surface area contributed by atoms with Crippen LogP contribution in [0, 0.1) is 12.1 Å². The highest BCUT2D eigenvalue weighted by molar-refractivity contribution is 5.71. The van der Waals surface area contributed by atoms with E-state index in [9.17, 15) is 10.0 Å². The van der Waals surface area contributed by atoms with E-state index in [0.717, 1.165) is 21.9 Å². The highest BCUT2D eigenvalue weighted by Gasteiger charge is 2.44. The van der Waals surface area contributed by atoms with E-state index >= 15 is 0 Å². The lowest BCUT2D eigenvalue weighted by molar-refractivity contribution is -0.809. The van der Waals surface area contributed by atoms with Crippen LogP contribution < -0.4 is 20.1 Å². The molecule has 2 heterocycles. The third kappa shape index (κ3) is 4.70. The van der Waals surface area contributed by atoms with Gasteiger partial charge in [0.05, 0.1) is 6.04 Å². The molecule has 10 heteroatoms. The Balaban J connectivity index is 1.44. The van der Waals surface area contributed by atoms with Crippen LogP contribution in [0.5, 0.6) is 11.5 Å². The Kier molecular flexibility index (Phi) is 6.10. The van der Waals surface area contributed by atoms with Crippen LogP contribution in [0.4, 0.5) is 4.79 Å². The summed E-state index contributed by atoms with van der Waals surface area (Å²) in [6, 6.07) is 14.2. The van der Waals surface area contributed by atoms with E-state index in [1.54, 1.807) is 13.8 Å². The molecule has 0 radical (unpaired) electrons. The van der Waals surface area contributed by atoms with Crippen molar-refractivity contribution in [1.29, 1.82) is 0 Å². The topological polar surface area (TPSA) is 127 Å². The van der Waals surface area contributed by atoms with Gasteiger partial charge in [0, 0.05) is 24.1 Å². The molecule has 4 rings (SSSR count). The number of hydroxylamine groups is 2. The van der Waals surface area contributed by atoms with Crippen molar-refractivity contribution in [2.45, 2.75) is 52.0 Å². The number of carbonyl (C=O) groups excluding carboxylic acids is 1. The number of ether oxygens (including phenoxy) is 2. The summed E-state index contributed by atoms with van der Waals surface area (Å²) < 4.78 is 16.7. The van der Waals surface area contributed by atoms with Gasteiger partial charge in [-0.15, -0.1) is 0 Å². The summed E-state index contributed by atoms with van der Waals surface area (Å²) in [4.78, 5) is 18.0. The number of aromatic nitrogens is 2. The number of urea groups is 1. The summed E-state index contributed by atoms with van der Waals surface area (Å²) in [5.74, 6) is 1.43. The van der Waals surface area contributed by atoms with Crippen molar-refractivity contribution in [3.8, 4) is 11.5 Å². The molecule has 0 bridgehead atoms. The fourth-order valence-electron chi connectivity index (χ4n) is 3.76. The molecule has 10 nitrogen and oxygen atoms in total. The molecule has 3 aromatic rings. The number of nitrogens with zero attached hydrogens (tertiary/aromatic N) is 3. The summed E-state index contributed by atoms with van der Waals surface area (Å²) in [5.41, 5.74) is 7.29. The highest BCUT2D eigenvalue weighted by atomic mass is 16.8. The van der Waals surface area contributed by atoms with Crippen molar-refractivity contribution in [2.24, 2.45) is 5.73 Å². The van der Waals surface area contributed by atoms with E-state index in [0.29, 0.717) is 24.5 Å². The fourth-order valence-corrected chi connectivity index (χ4v) is 3.76. The van der Waals surface area contributed by atoms with Crippen molar-refractivity contribution < 1.29 is 28.6 Å². The second-order valence-corrected chi connectivity index (χ2v) is 8.21. The van der Waals surface area contributed by atoms with Gasteiger partial charge in [0.1, 0.15) is 30.3 Å². The summed E-state index contributed by atoms with van der Waals surface area (Å²) in [6.45, 7) is 5.48. The third-order valence-electron chi connectivity index (χ3n) is 5.85. The second-order valence-electron chi connectivity index (χ2n) is 8.21. The van der Waals surface area contributed by atoms with Gasteiger partial charge in [-0.2, -0.15) is 5.06 Å². The molecule has 2 amide bonds. The van der Waals surface area contributed by atoms with E-state index < -0.39 is 17.7 Å². The van der Waals surface area contributed by atoms with Gasteiger partial charge in [0.25, 0.3) is 0 Å². The first kappa shape index (κ1) is 22.4. The molecule has 0 aliphatic carbocycles. The van der Waals surface area contributed by atoms with Gasteiger partial charge in [-0.1, -0.05) is 30.3 Å². The molecule has 1 aliphatic rings. The quantitative estimate of drug-likeness (QED) is 0.409. The first-order chi connectivity index (χ1) is 15.8. The Labute approximate surface area is 190 Å². The van der Waals surface area contributed by atoms with Crippen LogP contribution in [0.15, 0.2) is 53.2 Å². The van der Waals surface area contributed by atoms with Crippen molar-refractivity contribution >= 4 is 6.03 Å². The first-order valence-corrected chi connectivity index (χ1v) is 10.5. The Bertz CT molecular complexity index is 1120. The highest BCUT2D eigenvalue weighted by Crippen LogP contribution is 2.40. The zero-order valence-corrected chi connectivity index (χ0v) is 18.7. The fraction of sp³-hybridized carbons (Fsp3) is 0.348. The number of nitrogens with two attached hydrogens (primary N) is 1. The molecule has 174 valence electrons. The minimum Gasteiger partial charge on any atom is -0.489 e. The number of rotatable bonds is 8. The Morgan fingerprint density at radius 1 is 1.30 bits per heavy atom. The smallest absolute Gasteiger partial charge is 0.339 e. The number of primary amides is 1. The molecule has 0 spiro atoms. The number of carbonyl (C=O) groups is 1. The molecule has 1 aliphatic heterocycles. The van der Waals surface area contributed by atoms with E-state index in [-0.39, 0.29) is 17.2 Å². The van der Waals surface area contributed by atoms with Crippen molar-refractivity contribution in [3.05, 3.63) is 76.3 Å². The first-order valence-electron chi connectivity index (χ1n) is 10.5. The van der Waals surface area contributed by atoms with Gasteiger partial charge in [-0.25, -0.2) is 4.79 Å². The van der Waals surface area contributed by atoms with Crippen LogP contribution in [0.2, 0.25) is 0 Å². The standard InChI is InChI=1S/C23H26N4O6/c1-15-20(27(29)33-25-15)14-31-26(22(24)28)16(2)23(3)12-18-11-19(9-10-21(18)32-23)30-13-17-7-5-4-6-8-17/h4-11,16H,12-14H2,1-3H3,(H2,24,28). The molecule has 2 unspecified atom stereocenters. The number of amides is 2. The van der Waals surface area contributed by atoms with Gasteiger partial charge in [0.15, 0.2) is 0 Å². The molecule has 0 saturated carbocycles. The molecule has 2 N–H and O–H groups in total. The van der Waals surface area contributed by atoms with Crippen molar-refractivity contribution in [3.63, 3.8) is 0 Å². The third-order valence-corrected chi connectivity index (χ3v) is 5.85. The van der Waals surface area contributed by atoms with Crippen LogP contribution in [0.25, 0.3) is 0 Å². The van der Waals surface area contributed by atoms with Crippen LogP contribution in [-0.4, -0.2) is 27.9 Å². The molecule has 0 saturated heterocycles. The van der Waals surface area contributed by atoms with Crippen molar-refractivity contribution in [2.75, 3.05) is 0 Å². The number of hydrogen-bond acceptors (Lipinski definition) is 7. The Morgan fingerprint density at radius 3 is 2.73 bits per heavy atom. The van der Waals surface area contributed by atoms with Gasteiger partial charge < -0.3 is 20.4 Å². The largest absolute Gasteiger partial charge is 0.489 e. The molecule has 1 aromatic heterocycles. The normalized spacial score (nSPS) is 17.8. The lowest BCUT2D eigenvalue weighted by atomic mass is 9.92. The predicted octanol–water partition coefficient (Wildman–Crippen LogP) is 2.79. The molecule has 2 atom stereocenters. The summed E-state index contributed by atoms with van der Waals surface area (Å²) >= 11 is 0. The Hall–Kier alpha value is -3.79. The van der Waals surface area contributed by atoms with E-state index in [1.165, 1.54) is 0 Å². The molecule has 33 heavy (non-hydrogen) atoms. The zero-order chi connectivity index (χ0) is 23.6. The second kappa shape index (κ2) is 8.99. The van der Waals surface area contributed by atoms with E-state index in [1.807, 2.05) is 55.5 Å². The number of fused-ring (bicyclic) bond motifs is 1. The van der Waals surface area contributed by atoms with Crippen molar-refractivity contribution in [1.82, 2.24) is 10.2 Å². The average Bonchev–Trinajstić information content (AvgIpc) is 3.31. The summed E-state index contributed by atoms with van der Waals surface area (Å²) in [6.07, 6.45) is 0.507. The average molecular weight is 454 g/mol. The zero-order valence-electron chi connectivity index (χ0n) is 18.7. The maximum atomic E-state index is 12.1. The predicted molar refractivity (Wildman–Crippen MR) is 116 cm³/mol. The maximum absolute atomic E-state index is 12.1. The summed E-state index contributed by atoms with van der Waals surface area (Å²) in [7, 11) is 0. The Morgan fingerprint density at radius 2 is 2.06 bits per heavy atom. The monoisotopic (exact) mass is 454 g/mol. The SMILES string of the molecule is Cc1no[n+]([O-])c1CON(C(N)=O)C(C)C1(C)Cc2cc(OCc3ccccc3)ccc2O1. The maximum Gasteiger partial charge on any atom is 0.339 e. The number of aryl methyl sites for hydroxylation is 1. The molecular formula is C23H26N4O6. The minimum atomic E-state index is -0.813. The van der Waals surface area contributed by atoms with E-state index in [2.05, 4.69) is 9.79 Å². The lowest BCUT2D eigenvalue weighted by Gasteiger charge is -2.37. The van der Waals surface area contributed by atoms with Crippen LogP contribution in [0.3, 0.4) is 0 Å². The van der Waals surface area contributed by atoms with Crippen LogP contribution in [0.1, 0.15) is 36.4 Å². The summed E-state index contributed by atoms with van der Waals surface area (Å²) in [5, 5.41) is 16.3.